The van der Waals surface area contributed by atoms with Crippen LogP contribution in [0.3, 0.4) is 0 Å². The molecule has 2 aromatic rings. The molecule has 5 heteroatoms. The summed E-state index contributed by atoms with van der Waals surface area (Å²) in [7, 11) is 0. The summed E-state index contributed by atoms with van der Waals surface area (Å²) in [6, 6.07) is 7.87. The number of ether oxygens (including phenoxy) is 1. The molecule has 5 nitrogen and oxygen atoms in total. The van der Waals surface area contributed by atoms with Gasteiger partial charge in [0, 0.05) is 0 Å². The summed E-state index contributed by atoms with van der Waals surface area (Å²) in [5.74, 6) is 0.884. The molecule has 0 aliphatic carbocycles. The van der Waals surface area contributed by atoms with Crippen LogP contribution in [0.4, 0.5) is 0 Å². The Bertz CT molecular complexity index is 482. The van der Waals surface area contributed by atoms with Crippen molar-refractivity contribution < 1.29 is 9.84 Å². The predicted molar refractivity (Wildman–Crippen MR) is 62.6 cm³/mol. The van der Waals surface area contributed by atoms with E-state index in [0.717, 1.165) is 11.3 Å². The molecule has 0 saturated carbocycles. The van der Waals surface area contributed by atoms with E-state index in [0.29, 0.717) is 18.8 Å². The molecule has 1 aromatic heterocycles. The van der Waals surface area contributed by atoms with E-state index in [4.69, 9.17) is 9.84 Å². The molecule has 0 unspecified atom stereocenters. The molecule has 0 bridgehead atoms. The molecule has 0 spiro atoms. The highest BCUT2D eigenvalue weighted by Gasteiger charge is 2.00. The largest absolute Gasteiger partial charge is 0.491 e. The number of hydrogen-bond donors (Lipinski definition) is 1. The van der Waals surface area contributed by atoms with Crippen molar-refractivity contribution in [3.63, 3.8) is 0 Å². The highest BCUT2D eigenvalue weighted by molar-refractivity contribution is 5.31. The maximum atomic E-state index is 8.84. The molecular formula is C12H15N3O2. The van der Waals surface area contributed by atoms with Crippen molar-refractivity contribution in [3.8, 4) is 5.75 Å². The summed E-state index contributed by atoms with van der Waals surface area (Å²) in [4.78, 5) is 0. The quantitative estimate of drug-likeness (QED) is 0.841. The third-order valence-electron chi connectivity index (χ3n) is 2.42. The van der Waals surface area contributed by atoms with Gasteiger partial charge in [0.05, 0.1) is 19.3 Å². The van der Waals surface area contributed by atoms with Gasteiger partial charge in [-0.05, 0) is 18.6 Å². The number of aliphatic hydroxyl groups excluding tert-OH is 1. The van der Waals surface area contributed by atoms with Gasteiger partial charge in [-0.25, -0.2) is 4.68 Å². The standard InChI is InChI=1S/C12H15N3O2/c1-10-4-2-3-5-12(10)17-7-6-15-8-11(9-16)13-14-15/h2-5,8,16H,6-7,9H2,1H3. The number of rotatable bonds is 5. The van der Waals surface area contributed by atoms with Crippen molar-refractivity contribution >= 4 is 0 Å². The van der Waals surface area contributed by atoms with E-state index < -0.39 is 0 Å². The summed E-state index contributed by atoms with van der Waals surface area (Å²) >= 11 is 0. The lowest BCUT2D eigenvalue weighted by molar-refractivity contribution is 0.276. The lowest BCUT2D eigenvalue weighted by Gasteiger charge is -2.08. The van der Waals surface area contributed by atoms with Crippen LogP contribution in [0, 0.1) is 6.92 Å². The summed E-state index contributed by atoms with van der Waals surface area (Å²) in [5.41, 5.74) is 1.68. The topological polar surface area (TPSA) is 60.2 Å². The lowest BCUT2D eigenvalue weighted by Crippen LogP contribution is -2.09. The second-order valence-corrected chi connectivity index (χ2v) is 3.75. The smallest absolute Gasteiger partial charge is 0.122 e. The number of para-hydroxylation sites is 1. The second kappa shape index (κ2) is 5.45. The van der Waals surface area contributed by atoms with Crippen LogP contribution in [-0.4, -0.2) is 26.7 Å². The zero-order valence-corrected chi connectivity index (χ0v) is 9.71. The maximum absolute atomic E-state index is 8.84. The molecule has 90 valence electrons. The summed E-state index contributed by atoms with van der Waals surface area (Å²) in [6.45, 7) is 3.06. The molecule has 0 fully saturated rings. The first-order chi connectivity index (χ1) is 8.29. The van der Waals surface area contributed by atoms with Gasteiger partial charge in [0.25, 0.3) is 0 Å². The first-order valence-corrected chi connectivity index (χ1v) is 5.48. The molecular weight excluding hydrogens is 218 g/mol. The van der Waals surface area contributed by atoms with Crippen molar-refractivity contribution in [2.24, 2.45) is 0 Å². The van der Waals surface area contributed by atoms with Crippen molar-refractivity contribution in [1.82, 2.24) is 15.0 Å². The number of aliphatic hydroxyl groups is 1. The van der Waals surface area contributed by atoms with Crippen molar-refractivity contribution in [1.29, 1.82) is 0 Å². The molecule has 2 rings (SSSR count). The van der Waals surface area contributed by atoms with Gasteiger partial charge in [0.2, 0.25) is 0 Å². The van der Waals surface area contributed by atoms with Crippen LogP contribution >= 0.6 is 0 Å². The van der Waals surface area contributed by atoms with Crippen LogP contribution in [0.5, 0.6) is 5.75 Å². The Balaban J connectivity index is 1.85. The lowest BCUT2D eigenvalue weighted by atomic mass is 10.2. The van der Waals surface area contributed by atoms with Crippen molar-refractivity contribution in [2.75, 3.05) is 6.61 Å². The number of aromatic nitrogens is 3. The molecule has 1 heterocycles. The van der Waals surface area contributed by atoms with Gasteiger partial charge < -0.3 is 9.84 Å². The summed E-state index contributed by atoms with van der Waals surface area (Å²) in [6.07, 6.45) is 1.71. The van der Waals surface area contributed by atoms with Crippen molar-refractivity contribution in [3.05, 3.63) is 41.7 Å². The minimum atomic E-state index is -0.0847. The third-order valence-corrected chi connectivity index (χ3v) is 2.42. The van der Waals surface area contributed by atoms with E-state index >= 15 is 0 Å². The Labute approximate surface area is 99.7 Å². The molecule has 0 amide bonds. The predicted octanol–water partition coefficient (Wildman–Crippen LogP) is 1.16. The van der Waals surface area contributed by atoms with Crippen LogP contribution in [0.15, 0.2) is 30.5 Å². The fraction of sp³-hybridized carbons (Fsp3) is 0.333. The van der Waals surface area contributed by atoms with Gasteiger partial charge in [0.1, 0.15) is 18.1 Å². The third kappa shape index (κ3) is 3.04. The van der Waals surface area contributed by atoms with Crippen LogP contribution in [0.1, 0.15) is 11.3 Å². The zero-order chi connectivity index (χ0) is 12.1. The Hall–Kier alpha value is -1.88. The zero-order valence-electron chi connectivity index (χ0n) is 9.71. The minimum absolute atomic E-state index is 0.0847. The molecule has 0 atom stereocenters. The number of nitrogens with zero attached hydrogens (tertiary/aromatic N) is 3. The second-order valence-electron chi connectivity index (χ2n) is 3.75. The van der Waals surface area contributed by atoms with Crippen LogP contribution < -0.4 is 4.74 Å². The van der Waals surface area contributed by atoms with Gasteiger partial charge in [-0.15, -0.1) is 5.10 Å². The normalized spacial score (nSPS) is 10.5. The van der Waals surface area contributed by atoms with Gasteiger partial charge in [0.15, 0.2) is 0 Å². The Morgan fingerprint density at radius 2 is 2.18 bits per heavy atom. The average molecular weight is 233 g/mol. The number of benzene rings is 1. The molecule has 0 saturated heterocycles. The van der Waals surface area contributed by atoms with Gasteiger partial charge in [-0.2, -0.15) is 0 Å². The van der Waals surface area contributed by atoms with Crippen LogP contribution in [0.25, 0.3) is 0 Å². The first-order valence-electron chi connectivity index (χ1n) is 5.48. The molecule has 1 N–H and O–H groups in total. The van der Waals surface area contributed by atoms with E-state index in [1.54, 1.807) is 10.9 Å². The fourth-order valence-electron chi connectivity index (χ4n) is 1.49. The molecule has 1 aromatic carbocycles. The SMILES string of the molecule is Cc1ccccc1OCCn1cc(CO)nn1. The maximum Gasteiger partial charge on any atom is 0.122 e. The highest BCUT2D eigenvalue weighted by Crippen LogP contribution is 2.15. The minimum Gasteiger partial charge on any atom is -0.491 e. The van der Waals surface area contributed by atoms with E-state index in [1.165, 1.54) is 0 Å². The van der Waals surface area contributed by atoms with Crippen LogP contribution in [-0.2, 0) is 13.2 Å². The Kier molecular flexibility index (Phi) is 3.72. The van der Waals surface area contributed by atoms with E-state index in [-0.39, 0.29) is 6.61 Å². The summed E-state index contributed by atoms with van der Waals surface area (Å²) < 4.78 is 7.29. The fourth-order valence-corrected chi connectivity index (χ4v) is 1.49. The highest BCUT2D eigenvalue weighted by atomic mass is 16.5. The number of aryl methyl sites for hydroxylation is 1. The molecule has 0 radical (unpaired) electrons. The number of hydrogen-bond acceptors (Lipinski definition) is 4. The molecule has 0 aliphatic heterocycles. The van der Waals surface area contributed by atoms with Gasteiger partial charge in [-0.3, -0.25) is 0 Å². The van der Waals surface area contributed by atoms with Gasteiger partial charge in [-0.1, -0.05) is 23.4 Å². The summed E-state index contributed by atoms with van der Waals surface area (Å²) in [5, 5.41) is 16.5. The Morgan fingerprint density at radius 1 is 1.35 bits per heavy atom. The van der Waals surface area contributed by atoms with E-state index in [1.807, 2.05) is 31.2 Å². The average Bonchev–Trinajstić information content (AvgIpc) is 2.80. The van der Waals surface area contributed by atoms with E-state index in [2.05, 4.69) is 10.3 Å². The van der Waals surface area contributed by atoms with Gasteiger partial charge >= 0.3 is 0 Å². The molecule has 0 aliphatic rings. The molecule has 17 heavy (non-hydrogen) atoms. The van der Waals surface area contributed by atoms with Crippen molar-refractivity contribution in [2.45, 2.75) is 20.1 Å². The van der Waals surface area contributed by atoms with Crippen LogP contribution in [0.2, 0.25) is 0 Å². The first kappa shape index (κ1) is 11.6. The monoisotopic (exact) mass is 233 g/mol. The Morgan fingerprint density at radius 3 is 2.88 bits per heavy atom. The van der Waals surface area contributed by atoms with E-state index in [9.17, 15) is 0 Å².